The Bertz CT molecular complexity index is 460. The van der Waals surface area contributed by atoms with Crippen LogP contribution in [0.4, 0.5) is 0 Å². The van der Waals surface area contributed by atoms with E-state index < -0.39 is 0 Å². The van der Waals surface area contributed by atoms with Crippen LogP contribution in [0.5, 0.6) is 0 Å². The molecule has 0 spiro atoms. The summed E-state index contributed by atoms with van der Waals surface area (Å²) in [5.41, 5.74) is 5.65. The predicted molar refractivity (Wildman–Crippen MR) is 51.7 cm³/mol. The van der Waals surface area contributed by atoms with Crippen LogP contribution in [0.1, 0.15) is 5.69 Å². The highest BCUT2D eigenvalue weighted by Gasteiger charge is 2.02. The van der Waals surface area contributed by atoms with E-state index in [1.165, 1.54) is 12.4 Å². The molecule has 2 aromatic heterocycles. The van der Waals surface area contributed by atoms with Gasteiger partial charge in [0, 0.05) is 12.4 Å². The summed E-state index contributed by atoms with van der Waals surface area (Å²) < 4.78 is 1.56. The quantitative estimate of drug-likeness (QED) is 0.304. The molecular weight excluding hydrogens is 196 g/mol. The van der Waals surface area contributed by atoms with Crippen molar-refractivity contribution in [2.45, 2.75) is 0 Å². The maximum absolute atomic E-state index is 8.42. The van der Waals surface area contributed by atoms with Gasteiger partial charge in [-0.25, -0.2) is 14.6 Å². The van der Waals surface area contributed by atoms with Gasteiger partial charge in [-0.1, -0.05) is 5.16 Å². The van der Waals surface area contributed by atoms with Crippen molar-refractivity contribution in [2.75, 3.05) is 0 Å². The van der Waals surface area contributed by atoms with Crippen molar-refractivity contribution in [1.82, 2.24) is 19.7 Å². The Morgan fingerprint density at radius 2 is 2.27 bits per heavy atom. The smallest absolute Gasteiger partial charge is 0.190 e. The Labute approximate surface area is 84.9 Å². The normalized spacial score (nSPS) is 11.6. The van der Waals surface area contributed by atoms with Crippen LogP contribution < -0.4 is 5.73 Å². The molecule has 7 heteroatoms. The van der Waals surface area contributed by atoms with Crippen molar-refractivity contribution < 1.29 is 5.21 Å². The van der Waals surface area contributed by atoms with E-state index in [1.807, 2.05) is 0 Å². The molecule has 2 rings (SSSR count). The van der Waals surface area contributed by atoms with Gasteiger partial charge in [-0.2, -0.15) is 5.10 Å². The number of nitrogens with zero attached hydrogens (tertiary/aromatic N) is 5. The third-order valence-electron chi connectivity index (χ3n) is 1.75. The van der Waals surface area contributed by atoms with Crippen LogP contribution in [-0.2, 0) is 0 Å². The van der Waals surface area contributed by atoms with Gasteiger partial charge in [0.2, 0.25) is 0 Å². The minimum atomic E-state index is -0.0745. The van der Waals surface area contributed by atoms with Crippen molar-refractivity contribution in [1.29, 1.82) is 0 Å². The second-order valence-electron chi connectivity index (χ2n) is 2.70. The molecule has 2 heterocycles. The predicted octanol–water partition coefficient (Wildman–Crippen LogP) is -0.243. The maximum Gasteiger partial charge on any atom is 0.190 e. The van der Waals surface area contributed by atoms with E-state index in [9.17, 15) is 0 Å². The van der Waals surface area contributed by atoms with Gasteiger partial charge in [0.1, 0.15) is 5.69 Å². The summed E-state index contributed by atoms with van der Waals surface area (Å²) in [7, 11) is 0. The minimum Gasteiger partial charge on any atom is -0.409 e. The molecule has 0 saturated carbocycles. The first-order chi connectivity index (χ1) is 7.31. The molecule has 76 valence electrons. The Hall–Kier alpha value is -2.44. The molecule has 0 aromatic carbocycles. The highest BCUT2D eigenvalue weighted by atomic mass is 16.4. The Balaban J connectivity index is 2.33. The van der Waals surface area contributed by atoms with Crippen molar-refractivity contribution in [3.63, 3.8) is 0 Å². The van der Waals surface area contributed by atoms with Gasteiger partial charge in [0.05, 0.1) is 12.4 Å². The van der Waals surface area contributed by atoms with Crippen LogP contribution in [0, 0.1) is 0 Å². The number of hydrogen-bond acceptors (Lipinski definition) is 5. The zero-order chi connectivity index (χ0) is 10.7. The lowest BCUT2D eigenvalue weighted by atomic mass is 10.4. The molecule has 0 aliphatic heterocycles. The van der Waals surface area contributed by atoms with E-state index in [2.05, 4.69) is 20.2 Å². The van der Waals surface area contributed by atoms with Crippen molar-refractivity contribution >= 4 is 5.84 Å². The molecule has 15 heavy (non-hydrogen) atoms. The van der Waals surface area contributed by atoms with E-state index in [1.54, 1.807) is 23.1 Å². The standard InChI is InChI=1S/C8H8N6O/c9-8(13-15)6-4-11-7(5-10-6)14-3-1-2-12-14/h1-5,15H,(H2,9,13). The Kier molecular flexibility index (Phi) is 2.28. The van der Waals surface area contributed by atoms with Gasteiger partial charge >= 0.3 is 0 Å². The lowest BCUT2D eigenvalue weighted by molar-refractivity contribution is 0.318. The summed E-state index contributed by atoms with van der Waals surface area (Å²) in [4.78, 5) is 8.02. The monoisotopic (exact) mass is 204 g/mol. The fraction of sp³-hybridized carbons (Fsp3) is 0. The van der Waals surface area contributed by atoms with Crippen LogP contribution in [0.25, 0.3) is 5.82 Å². The summed E-state index contributed by atoms with van der Waals surface area (Å²) in [5.74, 6) is 0.490. The highest BCUT2D eigenvalue weighted by molar-refractivity contribution is 5.94. The summed E-state index contributed by atoms with van der Waals surface area (Å²) in [6, 6.07) is 1.78. The fourth-order valence-electron chi connectivity index (χ4n) is 1.03. The third-order valence-corrected chi connectivity index (χ3v) is 1.75. The van der Waals surface area contributed by atoms with Gasteiger partial charge < -0.3 is 10.9 Å². The molecule has 3 N–H and O–H groups in total. The summed E-state index contributed by atoms with van der Waals surface area (Å²) in [6.45, 7) is 0. The first-order valence-electron chi connectivity index (χ1n) is 4.11. The van der Waals surface area contributed by atoms with Crippen molar-refractivity contribution in [3.05, 3.63) is 36.5 Å². The molecule has 0 amide bonds. The van der Waals surface area contributed by atoms with Crippen LogP contribution in [0.2, 0.25) is 0 Å². The Morgan fingerprint density at radius 1 is 1.40 bits per heavy atom. The van der Waals surface area contributed by atoms with Crippen LogP contribution in [-0.4, -0.2) is 30.8 Å². The van der Waals surface area contributed by atoms with E-state index >= 15 is 0 Å². The largest absolute Gasteiger partial charge is 0.409 e. The molecule has 0 aliphatic carbocycles. The zero-order valence-corrected chi connectivity index (χ0v) is 7.65. The topological polar surface area (TPSA) is 102 Å². The number of amidine groups is 1. The number of nitrogens with two attached hydrogens (primary N) is 1. The second-order valence-corrected chi connectivity index (χ2v) is 2.70. The van der Waals surface area contributed by atoms with Gasteiger partial charge in [-0.15, -0.1) is 0 Å². The Morgan fingerprint density at radius 3 is 2.80 bits per heavy atom. The SMILES string of the molecule is NC(=NO)c1cnc(-n2cccn2)cn1. The molecule has 0 unspecified atom stereocenters. The molecule has 0 atom stereocenters. The van der Waals surface area contributed by atoms with Gasteiger partial charge in [-0.05, 0) is 6.07 Å². The first kappa shape index (κ1) is 9.13. The number of rotatable bonds is 2. The third kappa shape index (κ3) is 1.75. The second kappa shape index (κ2) is 3.74. The van der Waals surface area contributed by atoms with E-state index in [0.717, 1.165) is 0 Å². The van der Waals surface area contributed by atoms with Crippen molar-refractivity contribution in [3.8, 4) is 5.82 Å². The first-order valence-corrected chi connectivity index (χ1v) is 4.11. The van der Waals surface area contributed by atoms with Gasteiger partial charge in [0.15, 0.2) is 11.7 Å². The number of aromatic nitrogens is 4. The lowest BCUT2D eigenvalue weighted by Crippen LogP contribution is -2.15. The molecule has 7 nitrogen and oxygen atoms in total. The average molecular weight is 204 g/mol. The summed E-state index contributed by atoms with van der Waals surface area (Å²) in [6.07, 6.45) is 6.28. The summed E-state index contributed by atoms with van der Waals surface area (Å²) >= 11 is 0. The van der Waals surface area contributed by atoms with Crippen LogP contribution in [0.3, 0.4) is 0 Å². The van der Waals surface area contributed by atoms with Crippen molar-refractivity contribution in [2.24, 2.45) is 10.9 Å². The minimum absolute atomic E-state index is 0.0745. The van der Waals surface area contributed by atoms with E-state index in [-0.39, 0.29) is 5.84 Å². The summed E-state index contributed by atoms with van der Waals surface area (Å²) in [5, 5.41) is 15.2. The average Bonchev–Trinajstić information content (AvgIpc) is 2.82. The molecule has 0 fully saturated rings. The molecule has 0 bridgehead atoms. The number of hydrogen-bond donors (Lipinski definition) is 2. The fourth-order valence-corrected chi connectivity index (χ4v) is 1.03. The van der Waals surface area contributed by atoms with Crippen LogP contribution >= 0.6 is 0 Å². The lowest BCUT2D eigenvalue weighted by Gasteiger charge is -2.00. The van der Waals surface area contributed by atoms with Gasteiger partial charge in [0.25, 0.3) is 0 Å². The molecule has 2 aromatic rings. The molecular formula is C8H8N6O. The zero-order valence-electron chi connectivity index (χ0n) is 7.65. The molecule has 0 radical (unpaired) electrons. The molecule has 0 aliphatic rings. The van der Waals surface area contributed by atoms with E-state index in [4.69, 9.17) is 10.9 Å². The van der Waals surface area contributed by atoms with Gasteiger partial charge in [-0.3, -0.25) is 0 Å². The number of oxime groups is 1. The van der Waals surface area contributed by atoms with Crippen LogP contribution in [0.15, 0.2) is 36.0 Å². The van der Waals surface area contributed by atoms with E-state index in [0.29, 0.717) is 11.5 Å². The molecule has 0 saturated heterocycles. The maximum atomic E-state index is 8.42. The highest BCUT2D eigenvalue weighted by Crippen LogP contribution is 2.00.